The van der Waals surface area contributed by atoms with E-state index in [2.05, 4.69) is 9.97 Å². The minimum atomic E-state index is 0.231. The summed E-state index contributed by atoms with van der Waals surface area (Å²) >= 11 is 11.9. The number of rotatable bonds is 1. The number of ether oxygens (including phenoxy) is 1. The zero-order valence-corrected chi connectivity index (χ0v) is 9.98. The molecule has 1 fully saturated rings. The van der Waals surface area contributed by atoms with Gasteiger partial charge >= 0.3 is 0 Å². The SMILES string of the molecule is Cc1c(Cl)nc(C2CCCOC2)nc1Cl. The maximum absolute atomic E-state index is 5.96. The molecule has 0 radical (unpaired) electrons. The Bertz CT molecular complexity index is 341. The van der Waals surface area contributed by atoms with Gasteiger partial charge < -0.3 is 4.74 Å². The summed E-state index contributed by atoms with van der Waals surface area (Å²) in [7, 11) is 0. The number of nitrogens with zero attached hydrogens (tertiary/aromatic N) is 2. The van der Waals surface area contributed by atoms with Crippen LogP contribution < -0.4 is 0 Å². The van der Waals surface area contributed by atoms with Crippen molar-refractivity contribution in [1.82, 2.24) is 9.97 Å². The topological polar surface area (TPSA) is 35.0 Å². The number of aromatic nitrogens is 2. The van der Waals surface area contributed by atoms with Gasteiger partial charge in [0.15, 0.2) is 0 Å². The van der Waals surface area contributed by atoms with Gasteiger partial charge in [0.1, 0.15) is 16.1 Å². The Labute approximate surface area is 98.8 Å². The molecule has 1 aromatic heterocycles. The molecule has 1 aliphatic heterocycles. The van der Waals surface area contributed by atoms with E-state index in [9.17, 15) is 0 Å². The van der Waals surface area contributed by atoms with Gasteiger partial charge in [-0.05, 0) is 19.8 Å². The Morgan fingerprint density at radius 3 is 2.47 bits per heavy atom. The minimum absolute atomic E-state index is 0.231. The average molecular weight is 247 g/mol. The highest BCUT2D eigenvalue weighted by molar-refractivity contribution is 6.34. The van der Waals surface area contributed by atoms with E-state index in [0.717, 1.165) is 25.0 Å². The van der Waals surface area contributed by atoms with Crippen molar-refractivity contribution in [2.75, 3.05) is 13.2 Å². The zero-order valence-electron chi connectivity index (χ0n) is 8.46. The van der Waals surface area contributed by atoms with Gasteiger partial charge in [-0.15, -0.1) is 0 Å². The summed E-state index contributed by atoms with van der Waals surface area (Å²) in [6.07, 6.45) is 2.08. The Kier molecular flexibility index (Phi) is 3.44. The van der Waals surface area contributed by atoms with E-state index in [1.54, 1.807) is 0 Å². The summed E-state index contributed by atoms with van der Waals surface area (Å²) in [5, 5.41) is 0.881. The van der Waals surface area contributed by atoms with Crippen LogP contribution in [0.25, 0.3) is 0 Å². The lowest BCUT2D eigenvalue weighted by molar-refractivity contribution is 0.0780. The molecule has 5 heteroatoms. The highest BCUT2D eigenvalue weighted by Gasteiger charge is 2.20. The number of hydrogen-bond donors (Lipinski definition) is 0. The smallest absolute Gasteiger partial charge is 0.137 e. The molecule has 0 bridgehead atoms. The third kappa shape index (κ3) is 2.41. The fraction of sp³-hybridized carbons (Fsp3) is 0.600. The summed E-state index contributed by atoms with van der Waals surface area (Å²) in [5.74, 6) is 0.935. The predicted molar refractivity (Wildman–Crippen MR) is 59.6 cm³/mol. The molecule has 1 atom stereocenters. The van der Waals surface area contributed by atoms with Gasteiger partial charge in [0.2, 0.25) is 0 Å². The predicted octanol–water partition coefficient (Wildman–Crippen LogP) is 2.99. The van der Waals surface area contributed by atoms with E-state index in [1.807, 2.05) is 6.92 Å². The monoisotopic (exact) mass is 246 g/mol. The molecule has 15 heavy (non-hydrogen) atoms. The Morgan fingerprint density at radius 2 is 1.93 bits per heavy atom. The molecule has 82 valence electrons. The van der Waals surface area contributed by atoms with E-state index in [1.165, 1.54) is 0 Å². The van der Waals surface area contributed by atoms with Gasteiger partial charge in [0.05, 0.1) is 6.61 Å². The second-order valence-corrected chi connectivity index (χ2v) is 4.42. The van der Waals surface area contributed by atoms with Crippen molar-refractivity contribution in [3.05, 3.63) is 21.7 Å². The van der Waals surface area contributed by atoms with E-state index >= 15 is 0 Å². The maximum atomic E-state index is 5.96. The summed E-state index contributed by atoms with van der Waals surface area (Å²) in [4.78, 5) is 8.49. The first kappa shape index (κ1) is 11.1. The van der Waals surface area contributed by atoms with Crippen LogP contribution in [-0.4, -0.2) is 23.2 Å². The molecule has 1 saturated heterocycles. The van der Waals surface area contributed by atoms with Gasteiger partial charge in [-0.3, -0.25) is 0 Å². The molecule has 2 rings (SSSR count). The highest BCUT2D eigenvalue weighted by Crippen LogP contribution is 2.27. The second kappa shape index (κ2) is 4.64. The van der Waals surface area contributed by atoms with Crippen molar-refractivity contribution >= 4 is 23.2 Å². The third-order valence-corrected chi connectivity index (χ3v) is 3.31. The fourth-order valence-electron chi connectivity index (χ4n) is 1.61. The van der Waals surface area contributed by atoms with Crippen LogP contribution >= 0.6 is 23.2 Å². The molecular formula is C10H12Cl2N2O. The molecule has 3 nitrogen and oxygen atoms in total. The third-order valence-electron chi connectivity index (χ3n) is 2.57. The molecular weight excluding hydrogens is 235 g/mol. The fourth-order valence-corrected chi connectivity index (χ4v) is 2.01. The molecule has 1 aliphatic rings. The largest absolute Gasteiger partial charge is 0.381 e. The summed E-state index contributed by atoms with van der Waals surface area (Å²) < 4.78 is 5.38. The van der Waals surface area contributed by atoms with Crippen LogP contribution in [0.15, 0.2) is 0 Å². The second-order valence-electron chi connectivity index (χ2n) is 3.70. The van der Waals surface area contributed by atoms with Crippen LogP contribution in [-0.2, 0) is 4.74 Å². The number of hydrogen-bond acceptors (Lipinski definition) is 3. The van der Waals surface area contributed by atoms with Crippen LogP contribution in [0.5, 0.6) is 0 Å². The van der Waals surface area contributed by atoms with Gasteiger partial charge in [-0.2, -0.15) is 0 Å². The van der Waals surface area contributed by atoms with Crippen molar-refractivity contribution in [1.29, 1.82) is 0 Å². The normalized spacial score (nSPS) is 21.7. The first-order valence-corrected chi connectivity index (χ1v) is 5.71. The van der Waals surface area contributed by atoms with Crippen molar-refractivity contribution in [2.24, 2.45) is 0 Å². The molecule has 0 aromatic carbocycles. The zero-order chi connectivity index (χ0) is 10.8. The first-order valence-electron chi connectivity index (χ1n) is 4.95. The summed E-state index contributed by atoms with van der Waals surface area (Å²) in [6, 6.07) is 0. The van der Waals surface area contributed by atoms with Crippen molar-refractivity contribution in [3.63, 3.8) is 0 Å². The van der Waals surface area contributed by atoms with Crippen LogP contribution in [0.4, 0.5) is 0 Å². The molecule has 0 saturated carbocycles. The lowest BCUT2D eigenvalue weighted by atomic mass is 10.0. The van der Waals surface area contributed by atoms with Crippen LogP contribution in [0.2, 0.25) is 10.3 Å². The van der Waals surface area contributed by atoms with Crippen LogP contribution in [0.1, 0.15) is 30.1 Å². The van der Waals surface area contributed by atoms with Crippen molar-refractivity contribution in [2.45, 2.75) is 25.7 Å². The molecule has 0 spiro atoms. The van der Waals surface area contributed by atoms with Crippen molar-refractivity contribution in [3.8, 4) is 0 Å². The Balaban J connectivity index is 2.27. The molecule has 1 unspecified atom stereocenters. The van der Waals surface area contributed by atoms with Gasteiger partial charge in [0, 0.05) is 18.1 Å². The standard InChI is InChI=1S/C10H12Cl2N2O/c1-6-8(11)13-10(14-9(6)12)7-3-2-4-15-5-7/h7H,2-5H2,1H3. The Hall–Kier alpha value is -0.380. The highest BCUT2D eigenvalue weighted by atomic mass is 35.5. The van der Waals surface area contributed by atoms with Crippen molar-refractivity contribution < 1.29 is 4.74 Å². The summed E-state index contributed by atoms with van der Waals surface area (Å²) in [5.41, 5.74) is 0.735. The maximum Gasteiger partial charge on any atom is 0.137 e. The van der Waals surface area contributed by atoms with Crippen LogP contribution in [0.3, 0.4) is 0 Å². The van der Waals surface area contributed by atoms with Gasteiger partial charge in [-0.25, -0.2) is 9.97 Å². The first-order chi connectivity index (χ1) is 7.18. The molecule has 0 amide bonds. The van der Waals surface area contributed by atoms with E-state index in [4.69, 9.17) is 27.9 Å². The van der Waals surface area contributed by atoms with Crippen LogP contribution in [0, 0.1) is 6.92 Å². The Morgan fingerprint density at radius 1 is 1.27 bits per heavy atom. The minimum Gasteiger partial charge on any atom is -0.381 e. The van der Waals surface area contributed by atoms with Gasteiger partial charge in [-0.1, -0.05) is 23.2 Å². The molecule has 0 N–H and O–H groups in total. The van der Waals surface area contributed by atoms with E-state index in [-0.39, 0.29) is 5.92 Å². The molecule has 0 aliphatic carbocycles. The number of halogens is 2. The lowest BCUT2D eigenvalue weighted by Crippen LogP contribution is -2.18. The lowest BCUT2D eigenvalue weighted by Gasteiger charge is -2.21. The van der Waals surface area contributed by atoms with E-state index < -0.39 is 0 Å². The summed E-state index contributed by atoms with van der Waals surface area (Å²) in [6.45, 7) is 3.30. The quantitative estimate of drug-likeness (QED) is 0.715. The average Bonchev–Trinajstić information content (AvgIpc) is 2.26. The molecule has 1 aromatic rings. The molecule has 2 heterocycles. The van der Waals surface area contributed by atoms with Gasteiger partial charge in [0.25, 0.3) is 0 Å². The van der Waals surface area contributed by atoms with E-state index in [0.29, 0.717) is 22.7 Å².